The largest absolute Gasteiger partial charge is 0.481 e. The summed E-state index contributed by atoms with van der Waals surface area (Å²) >= 11 is 0. The van der Waals surface area contributed by atoms with Crippen LogP contribution < -0.4 is 5.73 Å². The molecule has 1 amide bonds. The van der Waals surface area contributed by atoms with Crippen LogP contribution in [0.15, 0.2) is 0 Å². The van der Waals surface area contributed by atoms with Gasteiger partial charge in [0.25, 0.3) is 0 Å². The summed E-state index contributed by atoms with van der Waals surface area (Å²) in [5.74, 6) is -1.12. The molecule has 0 saturated carbocycles. The molecule has 1 heterocycles. The van der Waals surface area contributed by atoms with Gasteiger partial charge in [-0.1, -0.05) is 6.92 Å². The van der Waals surface area contributed by atoms with Crippen molar-refractivity contribution in [2.45, 2.75) is 31.8 Å². The van der Waals surface area contributed by atoms with Gasteiger partial charge < -0.3 is 20.5 Å². The summed E-state index contributed by atoms with van der Waals surface area (Å²) < 4.78 is 5.18. The molecule has 1 aliphatic rings. The van der Waals surface area contributed by atoms with Crippen LogP contribution in [-0.4, -0.2) is 53.7 Å². The number of nitrogens with zero attached hydrogens (tertiary/aromatic N) is 1. The zero-order chi connectivity index (χ0) is 12.1. The smallest absolute Gasteiger partial charge is 0.305 e. The lowest BCUT2D eigenvalue weighted by atomic mass is 10.1. The Balaban J connectivity index is 2.65. The fourth-order valence-electron chi connectivity index (χ4n) is 1.70. The summed E-state index contributed by atoms with van der Waals surface area (Å²) in [6, 6.07) is -0.939. The van der Waals surface area contributed by atoms with E-state index in [1.165, 1.54) is 4.90 Å². The van der Waals surface area contributed by atoms with Crippen molar-refractivity contribution in [2.24, 2.45) is 5.73 Å². The average Bonchev–Trinajstić information content (AvgIpc) is 2.27. The second-order valence-corrected chi connectivity index (χ2v) is 3.87. The first-order valence-corrected chi connectivity index (χ1v) is 5.41. The molecule has 16 heavy (non-hydrogen) atoms. The minimum Gasteiger partial charge on any atom is -0.481 e. The molecule has 2 unspecified atom stereocenters. The lowest BCUT2D eigenvalue weighted by molar-refractivity contribution is -0.147. The van der Waals surface area contributed by atoms with E-state index >= 15 is 0 Å². The number of rotatable bonds is 4. The summed E-state index contributed by atoms with van der Waals surface area (Å²) in [5, 5.41) is 8.74. The van der Waals surface area contributed by atoms with Crippen molar-refractivity contribution in [3.05, 3.63) is 0 Å². The van der Waals surface area contributed by atoms with Gasteiger partial charge in [-0.15, -0.1) is 0 Å². The van der Waals surface area contributed by atoms with Crippen LogP contribution in [0.4, 0.5) is 0 Å². The first-order valence-electron chi connectivity index (χ1n) is 5.41. The molecule has 6 heteroatoms. The Labute approximate surface area is 94.3 Å². The number of aliphatic carboxylic acids is 1. The molecule has 0 aliphatic carbocycles. The molecule has 2 atom stereocenters. The molecule has 0 aromatic heterocycles. The number of carbonyl (C=O) groups is 2. The van der Waals surface area contributed by atoms with E-state index in [4.69, 9.17) is 15.6 Å². The molecule has 0 bridgehead atoms. The quantitative estimate of drug-likeness (QED) is 0.674. The molecule has 92 valence electrons. The minimum atomic E-state index is -0.932. The number of amides is 1. The highest BCUT2D eigenvalue weighted by Gasteiger charge is 2.31. The monoisotopic (exact) mass is 230 g/mol. The topological polar surface area (TPSA) is 92.9 Å². The Bertz CT molecular complexity index is 270. The van der Waals surface area contributed by atoms with Crippen molar-refractivity contribution in [1.29, 1.82) is 0 Å². The number of ether oxygens (including phenoxy) is 1. The van der Waals surface area contributed by atoms with E-state index < -0.39 is 18.1 Å². The average molecular weight is 230 g/mol. The van der Waals surface area contributed by atoms with E-state index in [1.54, 1.807) is 0 Å². The van der Waals surface area contributed by atoms with Crippen LogP contribution in [0, 0.1) is 0 Å². The maximum Gasteiger partial charge on any atom is 0.305 e. The molecular formula is C10H18N2O4. The van der Waals surface area contributed by atoms with Gasteiger partial charge in [-0.2, -0.15) is 0 Å². The van der Waals surface area contributed by atoms with Crippen molar-refractivity contribution in [3.8, 4) is 0 Å². The predicted octanol–water partition coefficient (Wildman–Crippen LogP) is -0.574. The molecule has 1 saturated heterocycles. The van der Waals surface area contributed by atoms with Crippen molar-refractivity contribution < 1.29 is 19.4 Å². The van der Waals surface area contributed by atoms with Gasteiger partial charge in [-0.3, -0.25) is 9.59 Å². The Morgan fingerprint density at radius 1 is 1.62 bits per heavy atom. The molecule has 3 N–H and O–H groups in total. The van der Waals surface area contributed by atoms with Gasteiger partial charge in [0.15, 0.2) is 0 Å². The van der Waals surface area contributed by atoms with E-state index in [2.05, 4.69) is 0 Å². The molecule has 1 fully saturated rings. The van der Waals surface area contributed by atoms with E-state index in [0.29, 0.717) is 19.6 Å². The second-order valence-electron chi connectivity index (χ2n) is 3.87. The molecule has 1 rings (SSSR count). The number of carbonyl (C=O) groups excluding carboxylic acids is 1. The Hall–Kier alpha value is -1.14. The van der Waals surface area contributed by atoms with E-state index in [0.717, 1.165) is 0 Å². The van der Waals surface area contributed by atoms with Crippen LogP contribution in [0.3, 0.4) is 0 Å². The summed E-state index contributed by atoms with van der Waals surface area (Å²) in [5.41, 5.74) is 5.66. The number of hydrogen-bond acceptors (Lipinski definition) is 4. The van der Waals surface area contributed by atoms with E-state index in [1.807, 2.05) is 6.92 Å². The Kier molecular flexibility index (Phi) is 4.70. The summed E-state index contributed by atoms with van der Waals surface area (Å²) in [7, 11) is 0. The number of hydrogen-bond donors (Lipinski definition) is 2. The highest BCUT2D eigenvalue weighted by molar-refractivity contribution is 5.82. The molecule has 1 aliphatic heterocycles. The van der Waals surface area contributed by atoms with Crippen molar-refractivity contribution in [1.82, 2.24) is 4.90 Å². The summed E-state index contributed by atoms with van der Waals surface area (Å²) in [4.78, 5) is 24.1. The van der Waals surface area contributed by atoms with Crippen LogP contribution in [0.1, 0.15) is 19.8 Å². The maximum absolute atomic E-state index is 11.9. The van der Waals surface area contributed by atoms with Crippen LogP contribution >= 0.6 is 0 Å². The molecule has 6 nitrogen and oxygen atoms in total. The number of carboxylic acids is 1. The number of morpholine rings is 1. The predicted molar refractivity (Wildman–Crippen MR) is 56.8 cm³/mol. The van der Waals surface area contributed by atoms with Crippen molar-refractivity contribution in [3.63, 3.8) is 0 Å². The second kappa shape index (κ2) is 5.81. The lowest BCUT2D eigenvalue weighted by Crippen LogP contribution is -2.54. The van der Waals surface area contributed by atoms with Crippen LogP contribution in [0.25, 0.3) is 0 Å². The third-order valence-electron chi connectivity index (χ3n) is 2.68. The SMILES string of the molecule is CCC(N)C(=O)N1CCOCC1CC(=O)O. The van der Waals surface area contributed by atoms with Gasteiger partial charge in [-0.05, 0) is 6.42 Å². The molecular weight excluding hydrogens is 212 g/mol. The van der Waals surface area contributed by atoms with Crippen LogP contribution in [0.5, 0.6) is 0 Å². The third-order valence-corrected chi connectivity index (χ3v) is 2.68. The first kappa shape index (κ1) is 12.9. The van der Waals surface area contributed by atoms with Gasteiger partial charge in [0, 0.05) is 6.54 Å². The normalized spacial score (nSPS) is 22.9. The standard InChI is InChI=1S/C10H18N2O4/c1-2-8(11)10(15)12-3-4-16-6-7(12)5-9(13)14/h7-8H,2-6,11H2,1H3,(H,13,14). The Morgan fingerprint density at radius 3 is 2.88 bits per heavy atom. The molecule has 0 aromatic carbocycles. The van der Waals surface area contributed by atoms with Gasteiger partial charge in [0.2, 0.25) is 5.91 Å². The van der Waals surface area contributed by atoms with E-state index in [-0.39, 0.29) is 18.9 Å². The van der Waals surface area contributed by atoms with Crippen molar-refractivity contribution >= 4 is 11.9 Å². The van der Waals surface area contributed by atoms with Gasteiger partial charge in [-0.25, -0.2) is 0 Å². The van der Waals surface area contributed by atoms with Gasteiger partial charge >= 0.3 is 5.97 Å². The van der Waals surface area contributed by atoms with Gasteiger partial charge in [0.05, 0.1) is 31.7 Å². The summed E-state index contributed by atoms with van der Waals surface area (Å²) in [6.07, 6.45) is 0.457. The molecule has 0 aromatic rings. The number of nitrogens with two attached hydrogens (primary N) is 1. The fraction of sp³-hybridized carbons (Fsp3) is 0.800. The minimum absolute atomic E-state index is 0.0951. The number of carboxylic acid groups (broad SMARTS) is 1. The molecule has 0 radical (unpaired) electrons. The Morgan fingerprint density at radius 2 is 2.31 bits per heavy atom. The first-order chi connectivity index (χ1) is 7.56. The maximum atomic E-state index is 11.9. The molecule has 0 spiro atoms. The zero-order valence-electron chi connectivity index (χ0n) is 9.39. The fourth-order valence-corrected chi connectivity index (χ4v) is 1.70. The van der Waals surface area contributed by atoms with Crippen molar-refractivity contribution in [2.75, 3.05) is 19.8 Å². The summed E-state index contributed by atoms with van der Waals surface area (Å²) in [6.45, 7) is 2.96. The highest BCUT2D eigenvalue weighted by Crippen LogP contribution is 2.12. The van der Waals surface area contributed by atoms with Crippen LogP contribution in [0.2, 0.25) is 0 Å². The third kappa shape index (κ3) is 3.18. The van der Waals surface area contributed by atoms with E-state index in [9.17, 15) is 9.59 Å². The highest BCUT2D eigenvalue weighted by atomic mass is 16.5. The van der Waals surface area contributed by atoms with Crippen LogP contribution in [-0.2, 0) is 14.3 Å². The lowest BCUT2D eigenvalue weighted by Gasteiger charge is -2.36. The van der Waals surface area contributed by atoms with Gasteiger partial charge in [0.1, 0.15) is 0 Å². The zero-order valence-corrected chi connectivity index (χ0v) is 9.39.